The van der Waals surface area contributed by atoms with Crippen molar-refractivity contribution < 1.29 is 19.1 Å². The minimum atomic E-state index is -0.543. The van der Waals surface area contributed by atoms with E-state index in [1.54, 1.807) is 19.2 Å². The Balaban J connectivity index is 2.06. The first-order valence-corrected chi connectivity index (χ1v) is 11.2. The van der Waals surface area contributed by atoms with E-state index in [-0.39, 0.29) is 10.7 Å². The molecule has 0 aromatic heterocycles. The summed E-state index contributed by atoms with van der Waals surface area (Å²) in [5, 5.41) is 2.65. The van der Waals surface area contributed by atoms with E-state index in [2.05, 4.69) is 43.8 Å². The van der Waals surface area contributed by atoms with Crippen LogP contribution in [0.3, 0.4) is 0 Å². The summed E-state index contributed by atoms with van der Waals surface area (Å²) >= 11 is 10.8. The summed E-state index contributed by atoms with van der Waals surface area (Å²) in [7, 11) is 1.54. The second kappa shape index (κ2) is 9.44. The number of amides is 2. The summed E-state index contributed by atoms with van der Waals surface area (Å²) in [5.41, 5.74) is 2.07. The lowest BCUT2D eigenvalue weighted by atomic mass is 10.1. The number of benzene rings is 2. The fourth-order valence-corrected chi connectivity index (χ4v) is 4.55. The molecule has 1 heterocycles. The average Bonchev–Trinajstić information content (AvgIpc) is 2.68. The van der Waals surface area contributed by atoms with Crippen LogP contribution in [0.2, 0.25) is 0 Å². The lowest BCUT2D eigenvalue weighted by Gasteiger charge is -2.30. The Morgan fingerprint density at radius 2 is 2.00 bits per heavy atom. The molecule has 0 spiro atoms. The van der Waals surface area contributed by atoms with Crippen LogP contribution in [-0.2, 0) is 9.59 Å². The summed E-state index contributed by atoms with van der Waals surface area (Å²) in [4.78, 5) is 27.1. The lowest BCUT2D eigenvalue weighted by molar-refractivity contribution is -0.122. The highest BCUT2D eigenvalue weighted by molar-refractivity contribution is 14.1. The number of carbonyl (C=O) groups excluding carboxylic acids is 2. The van der Waals surface area contributed by atoms with E-state index in [0.29, 0.717) is 29.4 Å². The number of methoxy groups -OCH3 is 1. The maximum atomic E-state index is 13.2. The van der Waals surface area contributed by atoms with Crippen molar-refractivity contribution in [3.8, 4) is 11.5 Å². The van der Waals surface area contributed by atoms with E-state index < -0.39 is 11.8 Å². The molecule has 2 amide bonds. The van der Waals surface area contributed by atoms with Crippen molar-refractivity contribution in [2.45, 2.75) is 13.8 Å². The molecule has 1 N–H and O–H groups in total. The van der Waals surface area contributed by atoms with Crippen LogP contribution < -0.4 is 19.7 Å². The summed E-state index contributed by atoms with van der Waals surface area (Å²) in [6.07, 6.45) is 1.53. The zero-order valence-electron chi connectivity index (χ0n) is 16.4. The minimum Gasteiger partial charge on any atom is -0.493 e. The van der Waals surface area contributed by atoms with Crippen LogP contribution >= 0.6 is 50.7 Å². The highest BCUT2D eigenvalue weighted by Gasteiger charge is 2.35. The van der Waals surface area contributed by atoms with Gasteiger partial charge in [0.25, 0.3) is 11.8 Å². The molecule has 9 heteroatoms. The summed E-state index contributed by atoms with van der Waals surface area (Å²) < 4.78 is 12.7. The highest BCUT2D eigenvalue weighted by atomic mass is 127. The number of nitrogens with one attached hydrogen (secondary N) is 1. The monoisotopic (exact) mass is 600 g/mol. The zero-order valence-corrected chi connectivity index (χ0v) is 21.0. The van der Waals surface area contributed by atoms with Crippen molar-refractivity contribution in [1.29, 1.82) is 0 Å². The number of ether oxygens (including phenoxy) is 2. The number of carbonyl (C=O) groups is 2. The third kappa shape index (κ3) is 4.52. The summed E-state index contributed by atoms with van der Waals surface area (Å²) in [6, 6.07) is 9.02. The van der Waals surface area contributed by atoms with Crippen LogP contribution in [0, 0.1) is 10.5 Å². The molecule has 1 fully saturated rings. The third-order valence-corrected chi connectivity index (χ3v) is 5.93. The quantitative estimate of drug-likeness (QED) is 0.235. The van der Waals surface area contributed by atoms with E-state index in [1.807, 2.05) is 32.0 Å². The largest absolute Gasteiger partial charge is 0.493 e. The Bertz CT molecular complexity index is 1090. The molecule has 0 bridgehead atoms. The van der Waals surface area contributed by atoms with Crippen molar-refractivity contribution >= 4 is 79.4 Å². The van der Waals surface area contributed by atoms with Crippen LogP contribution in [0.1, 0.15) is 18.1 Å². The van der Waals surface area contributed by atoms with Crippen LogP contribution in [0.5, 0.6) is 11.5 Å². The average molecular weight is 601 g/mol. The van der Waals surface area contributed by atoms with Gasteiger partial charge in [-0.2, -0.15) is 0 Å². The lowest BCUT2D eigenvalue weighted by Crippen LogP contribution is -2.54. The Morgan fingerprint density at radius 3 is 2.63 bits per heavy atom. The van der Waals surface area contributed by atoms with E-state index in [1.165, 1.54) is 11.0 Å². The molecule has 0 radical (unpaired) electrons. The summed E-state index contributed by atoms with van der Waals surface area (Å²) in [5.74, 6) is 0.113. The van der Waals surface area contributed by atoms with Crippen molar-refractivity contribution in [2.24, 2.45) is 0 Å². The van der Waals surface area contributed by atoms with Gasteiger partial charge < -0.3 is 9.47 Å². The van der Waals surface area contributed by atoms with Crippen LogP contribution in [-0.4, -0.2) is 30.6 Å². The molecule has 0 unspecified atom stereocenters. The molecule has 1 saturated heterocycles. The van der Waals surface area contributed by atoms with Gasteiger partial charge in [0.05, 0.1) is 23.0 Å². The van der Waals surface area contributed by atoms with Crippen molar-refractivity contribution in [2.75, 3.05) is 18.6 Å². The number of hydrogen-bond acceptors (Lipinski definition) is 5. The molecule has 0 atom stereocenters. The normalized spacial score (nSPS) is 15.4. The minimum absolute atomic E-state index is 0.0204. The van der Waals surface area contributed by atoms with Gasteiger partial charge in [-0.1, -0.05) is 15.9 Å². The number of hydrogen-bond donors (Lipinski definition) is 1. The Labute approximate surface area is 201 Å². The molecule has 1 aliphatic rings. The number of rotatable bonds is 5. The van der Waals surface area contributed by atoms with Gasteiger partial charge in [0.15, 0.2) is 16.6 Å². The molecule has 156 valence electrons. The number of halogens is 2. The highest BCUT2D eigenvalue weighted by Crippen LogP contribution is 2.35. The van der Waals surface area contributed by atoms with Gasteiger partial charge in [0.2, 0.25) is 0 Å². The number of nitrogens with zero attached hydrogens (tertiary/aromatic N) is 1. The van der Waals surface area contributed by atoms with Crippen LogP contribution in [0.25, 0.3) is 6.08 Å². The van der Waals surface area contributed by atoms with Crippen molar-refractivity contribution in [3.05, 3.63) is 55.1 Å². The van der Waals surface area contributed by atoms with Gasteiger partial charge in [-0.15, -0.1) is 0 Å². The molecule has 1 aliphatic heterocycles. The SMILES string of the molecule is CCOc1c(I)cc(C=C2C(=O)NC(=S)N(c3ccc(Br)cc3C)C2=O)cc1OC. The van der Waals surface area contributed by atoms with E-state index in [4.69, 9.17) is 21.7 Å². The van der Waals surface area contributed by atoms with Gasteiger partial charge in [0, 0.05) is 4.47 Å². The third-order valence-electron chi connectivity index (χ3n) is 4.35. The Kier molecular flexibility index (Phi) is 7.14. The molecular weight excluding hydrogens is 583 g/mol. The van der Waals surface area contributed by atoms with Gasteiger partial charge in [0.1, 0.15) is 5.57 Å². The Hall–Kier alpha value is -1.98. The first-order valence-electron chi connectivity index (χ1n) is 8.94. The number of aryl methyl sites for hydroxylation is 1. The molecule has 0 saturated carbocycles. The smallest absolute Gasteiger partial charge is 0.270 e. The maximum absolute atomic E-state index is 13.2. The molecule has 0 aliphatic carbocycles. The zero-order chi connectivity index (χ0) is 22.0. The Morgan fingerprint density at radius 1 is 1.27 bits per heavy atom. The predicted octanol–water partition coefficient (Wildman–Crippen LogP) is 4.60. The standard InChI is InChI=1S/C21H18BrIN2O4S/c1-4-29-18-15(23)9-12(10-17(18)28-3)8-14-19(26)24-21(30)25(20(14)27)16-6-5-13(22)7-11(16)2/h5-10H,4H2,1-3H3,(H,24,26,30). The number of anilines is 1. The molecule has 2 aromatic rings. The van der Waals surface area contributed by atoms with Crippen molar-refractivity contribution in [3.63, 3.8) is 0 Å². The van der Waals surface area contributed by atoms with Gasteiger partial charge in [-0.25, -0.2) is 0 Å². The van der Waals surface area contributed by atoms with E-state index in [9.17, 15) is 9.59 Å². The van der Waals surface area contributed by atoms with E-state index >= 15 is 0 Å². The first-order chi connectivity index (χ1) is 14.3. The second-order valence-electron chi connectivity index (χ2n) is 6.36. The topological polar surface area (TPSA) is 67.9 Å². The molecule has 30 heavy (non-hydrogen) atoms. The fourth-order valence-electron chi connectivity index (χ4n) is 3.02. The summed E-state index contributed by atoms with van der Waals surface area (Å²) in [6.45, 7) is 4.25. The van der Waals surface area contributed by atoms with E-state index in [0.717, 1.165) is 13.6 Å². The molecule has 3 rings (SSSR count). The predicted molar refractivity (Wildman–Crippen MR) is 132 cm³/mol. The van der Waals surface area contributed by atoms with Crippen LogP contribution in [0.15, 0.2) is 40.4 Å². The molecule has 2 aromatic carbocycles. The second-order valence-corrected chi connectivity index (χ2v) is 8.82. The van der Waals surface area contributed by atoms with Gasteiger partial charge >= 0.3 is 0 Å². The van der Waals surface area contributed by atoms with Gasteiger partial charge in [-0.3, -0.25) is 19.8 Å². The van der Waals surface area contributed by atoms with Crippen LogP contribution in [0.4, 0.5) is 5.69 Å². The molecular formula is C21H18BrIN2O4S. The van der Waals surface area contributed by atoms with Gasteiger partial charge in [-0.05, 0) is 96.2 Å². The first kappa shape index (κ1) is 22.7. The molecule has 6 nitrogen and oxygen atoms in total. The maximum Gasteiger partial charge on any atom is 0.270 e. The fraction of sp³-hybridized carbons (Fsp3) is 0.190. The number of thiocarbonyl (C=S) groups is 1. The van der Waals surface area contributed by atoms with Crippen molar-refractivity contribution in [1.82, 2.24) is 5.32 Å².